The van der Waals surface area contributed by atoms with Gasteiger partial charge in [-0.15, -0.1) is 0 Å². The lowest BCUT2D eigenvalue weighted by Gasteiger charge is -2.28. The third-order valence-electron chi connectivity index (χ3n) is 3.93. The van der Waals surface area contributed by atoms with Gasteiger partial charge in [0.15, 0.2) is 18.2 Å². The van der Waals surface area contributed by atoms with E-state index in [2.05, 4.69) is 25.9 Å². The molecule has 0 saturated carbocycles. The Balaban J connectivity index is 1.81. The molecule has 3 aromatic rings. The predicted molar refractivity (Wildman–Crippen MR) is 88.5 cm³/mol. The smallest absolute Gasteiger partial charge is 0.266 e. The Hall–Kier alpha value is -2.48. The van der Waals surface area contributed by atoms with Gasteiger partial charge in [-0.3, -0.25) is 9.69 Å². The maximum atomic E-state index is 13.7. The molecule has 6 nitrogen and oxygen atoms in total. The lowest BCUT2D eigenvalue weighted by atomic mass is 10.2. The van der Waals surface area contributed by atoms with Crippen LogP contribution in [0, 0.1) is 12.7 Å². The molecule has 0 radical (unpaired) electrons. The number of rotatable bonds is 2. The fourth-order valence-electron chi connectivity index (χ4n) is 2.74. The minimum Gasteiger partial charge on any atom is -0.480 e. The molecule has 0 aliphatic carbocycles. The number of pyridine rings is 2. The van der Waals surface area contributed by atoms with E-state index < -0.39 is 0 Å². The number of amides is 1. The Morgan fingerprint density at radius 2 is 2.29 bits per heavy atom. The van der Waals surface area contributed by atoms with Crippen LogP contribution in [0.3, 0.4) is 0 Å². The van der Waals surface area contributed by atoms with Crippen LogP contribution in [-0.4, -0.2) is 26.9 Å². The number of hydrogen-bond acceptors (Lipinski definition) is 4. The molecule has 0 bridgehead atoms. The zero-order valence-electron chi connectivity index (χ0n) is 12.7. The number of carbonyl (C=O) groups is 1. The number of ether oxygens (including phenoxy) is 1. The Labute approximate surface area is 145 Å². The van der Waals surface area contributed by atoms with Crippen molar-refractivity contribution in [2.24, 2.45) is 0 Å². The van der Waals surface area contributed by atoms with E-state index in [0.29, 0.717) is 21.7 Å². The Morgan fingerprint density at radius 1 is 1.46 bits per heavy atom. The average molecular weight is 391 g/mol. The van der Waals surface area contributed by atoms with Crippen LogP contribution in [0.25, 0.3) is 5.65 Å². The maximum absolute atomic E-state index is 13.7. The zero-order valence-corrected chi connectivity index (χ0v) is 14.2. The molecule has 0 unspecified atom stereocenters. The second kappa shape index (κ2) is 5.55. The summed E-state index contributed by atoms with van der Waals surface area (Å²) in [4.78, 5) is 22.5. The topological polar surface area (TPSA) is 59.7 Å². The Kier molecular flexibility index (Phi) is 3.49. The van der Waals surface area contributed by atoms with Gasteiger partial charge in [0.1, 0.15) is 11.5 Å². The van der Waals surface area contributed by atoms with Gasteiger partial charge in [-0.1, -0.05) is 0 Å². The number of hydrogen-bond donors (Lipinski definition) is 0. The van der Waals surface area contributed by atoms with Crippen molar-refractivity contribution in [3.63, 3.8) is 0 Å². The van der Waals surface area contributed by atoms with E-state index in [9.17, 15) is 9.18 Å². The first-order valence-corrected chi connectivity index (χ1v) is 8.04. The van der Waals surface area contributed by atoms with Crippen molar-refractivity contribution < 1.29 is 13.9 Å². The van der Waals surface area contributed by atoms with E-state index in [4.69, 9.17) is 4.74 Å². The van der Waals surface area contributed by atoms with Crippen LogP contribution in [0.4, 0.5) is 10.2 Å². The highest BCUT2D eigenvalue weighted by atomic mass is 79.9. The third kappa shape index (κ3) is 2.34. The van der Waals surface area contributed by atoms with Crippen molar-refractivity contribution in [1.29, 1.82) is 0 Å². The third-order valence-corrected chi connectivity index (χ3v) is 4.51. The number of nitrogens with zero attached hydrogens (tertiary/aromatic N) is 4. The van der Waals surface area contributed by atoms with Crippen molar-refractivity contribution >= 4 is 33.3 Å². The van der Waals surface area contributed by atoms with E-state index >= 15 is 0 Å². The minimum atomic E-state index is -0.381. The van der Waals surface area contributed by atoms with E-state index in [1.165, 1.54) is 6.07 Å². The van der Waals surface area contributed by atoms with Crippen LogP contribution in [-0.2, 0) is 11.3 Å². The van der Waals surface area contributed by atoms with Crippen LogP contribution in [0.15, 0.2) is 35.1 Å². The molecule has 0 N–H and O–H groups in total. The summed E-state index contributed by atoms with van der Waals surface area (Å²) < 4.78 is 21.2. The largest absolute Gasteiger partial charge is 0.480 e. The molecule has 24 heavy (non-hydrogen) atoms. The molecule has 122 valence electrons. The van der Waals surface area contributed by atoms with E-state index in [1.807, 2.05) is 6.92 Å². The second-order valence-electron chi connectivity index (χ2n) is 5.44. The van der Waals surface area contributed by atoms with Gasteiger partial charge in [0, 0.05) is 18.5 Å². The van der Waals surface area contributed by atoms with E-state index in [0.717, 1.165) is 11.4 Å². The first-order valence-electron chi connectivity index (χ1n) is 7.25. The predicted octanol–water partition coefficient (Wildman–Crippen LogP) is 2.86. The highest BCUT2D eigenvalue weighted by Gasteiger charge is 2.28. The lowest BCUT2D eigenvalue weighted by molar-refractivity contribution is -0.121. The number of anilines is 1. The normalized spacial score (nSPS) is 14.0. The molecule has 0 fully saturated rings. The van der Waals surface area contributed by atoms with Crippen molar-refractivity contribution in [3.05, 3.63) is 52.3 Å². The number of halogens is 2. The average Bonchev–Trinajstić information content (AvgIpc) is 2.85. The van der Waals surface area contributed by atoms with Gasteiger partial charge in [0.2, 0.25) is 0 Å². The summed E-state index contributed by atoms with van der Waals surface area (Å²) in [5, 5.41) is 0. The fourth-order valence-corrected chi connectivity index (χ4v) is 3.06. The summed E-state index contributed by atoms with van der Waals surface area (Å²) in [5.41, 5.74) is 2.01. The number of imidazole rings is 1. The van der Waals surface area contributed by atoms with Gasteiger partial charge in [0.25, 0.3) is 5.91 Å². The van der Waals surface area contributed by atoms with Gasteiger partial charge in [0.05, 0.1) is 22.4 Å². The molecule has 1 aliphatic heterocycles. The van der Waals surface area contributed by atoms with Crippen molar-refractivity contribution in [2.45, 2.75) is 13.5 Å². The Bertz CT molecular complexity index is 972. The molecule has 4 heterocycles. The van der Waals surface area contributed by atoms with Crippen LogP contribution in [0.1, 0.15) is 11.4 Å². The molecule has 1 amide bonds. The maximum Gasteiger partial charge on any atom is 0.266 e. The molecule has 4 rings (SSSR count). The SMILES string of the molecule is Cc1nc2cc(F)c(Br)cn2c1CN1C(=O)COc2cccnc21. The zero-order chi connectivity index (χ0) is 16.8. The fraction of sp³-hybridized carbons (Fsp3) is 0.188. The highest BCUT2D eigenvalue weighted by molar-refractivity contribution is 9.10. The number of aromatic nitrogens is 3. The summed E-state index contributed by atoms with van der Waals surface area (Å²) in [7, 11) is 0. The molecule has 0 aromatic carbocycles. The molecular formula is C16H12BrFN4O2. The van der Waals surface area contributed by atoms with Crippen LogP contribution in [0.5, 0.6) is 5.75 Å². The van der Waals surface area contributed by atoms with Gasteiger partial charge in [-0.2, -0.15) is 0 Å². The summed E-state index contributed by atoms with van der Waals surface area (Å²) in [6.45, 7) is 2.07. The second-order valence-corrected chi connectivity index (χ2v) is 6.29. The quantitative estimate of drug-likeness (QED) is 0.674. The van der Waals surface area contributed by atoms with Crippen LogP contribution < -0.4 is 9.64 Å². The van der Waals surface area contributed by atoms with Gasteiger partial charge in [-0.25, -0.2) is 14.4 Å². The van der Waals surface area contributed by atoms with Gasteiger partial charge < -0.3 is 9.14 Å². The van der Waals surface area contributed by atoms with Crippen molar-refractivity contribution in [1.82, 2.24) is 14.4 Å². The molecule has 3 aromatic heterocycles. The standard InChI is InChI=1S/C16H12BrFN4O2/c1-9-12(21-6-10(17)11(18)5-14(21)20-9)7-22-15(23)8-24-13-3-2-4-19-16(13)22/h2-6H,7-8H2,1H3. The summed E-state index contributed by atoms with van der Waals surface area (Å²) in [5.74, 6) is 0.477. The van der Waals surface area contributed by atoms with Gasteiger partial charge in [-0.05, 0) is 35.0 Å². The first kappa shape index (κ1) is 15.1. The number of aryl methyl sites for hydroxylation is 1. The molecule has 0 spiro atoms. The van der Waals surface area contributed by atoms with Crippen LogP contribution in [0.2, 0.25) is 0 Å². The Morgan fingerprint density at radius 3 is 3.12 bits per heavy atom. The molecule has 0 atom stereocenters. The molecule has 1 aliphatic rings. The monoisotopic (exact) mass is 390 g/mol. The molecule has 8 heteroatoms. The highest BCUT2D eigenvalue weighted by Crippen LogP contribution is 2.31. The summed E-state index contributed by atoms with van der Waals surface area (Å²) in [6.07, 6.45) is 3.23. The summed E-state index contributed by atoms with van der Waals surface area (Å²) in [6, 6.07) is 4.88. The first-order chi connectivity index (χ1) is 11.5. The number of carbonyl (C=O) groups excluding carboxylic acids is 1. The number of fused-ring (bicyclic) bond motifs is 2. The minimum absolute atomic E-state index is 0.0349. The molecule has 0 saturated heterocycles. The van der Waals surface area contributed by atoms with Crippen molar-refractivity contribution in [3.8, 4) is 5.75 Å². The van der Waals surface area contributed by atoms with E-state index in [-0.39, 0.29) is 24.9 Å². The molecular weight excluding hydrogens is 379 g/mol. The van der Waals surface area contributed by atoms with Crippen LogP contribution >= 0.6 is 15.9 Å². The summed E-state index contributed by atoms with van der Waals surface area (Å²) >= 11 is 3.19. The van der Waals surface area contributed by atoms with Gasteiger partial charge >= 0.3 is 0 Å². The van der Waals surface area contributed by atoms with Crippen molar-refractivity contribution in [2.75, 3.05) is 11.5 Å². The lowest BCUT2D eigenvalue weighted by Crippen LogP contribution is -2.39. The van der Waals surface area contributed by atoms with E-state index in [1.54, 1.807) is 33.8 Å².